The molecule has 0 saturated heterocycles. The van der Waals surface area contributed by atoms with E-state index in [1.807, 2.05) is 32.3 Å². The van der Waals surface area contributed by atoms with E-state index in [9.17, 15) is 0 Å². The van der Waals surface area contributed by atoms with Gasteiger partial charge >= 0.3 is 0 Å². The Kier molecular flexibility index (Phi) is 3.63. The third-order valence-corrected chi connectivity index (χ3v) is 3.27. The fourth-order valence-corrected chi connectivity index (χ4v) is 2.57. The molecule has 0 radical (unpaired) electrons. The van der Waals surface area contributed by atoms with Crippen LogP contribution in [0.15, 0.2) is 22.7 Å². The van der Waals surface area contributed by atoms with Crippen LogP contribution in [-0.2, 0) is 13.1 Å². The van der Waals surface area contributed by atoms with Gasteiger partial charge in [0.15, 0.2) is 4.47 Å². The van der Waals surface area contributed by atoms with E-state index < -0.39 is 0 Å². The molecule has 0 spiro atoms. The molecule has 2 rings (SSSR count). The molecule has 2 heterocycles. The maximum atomic E-state index is 5.78. The van der Waals surface area contributed by atoms with Crippen LogP contribution in [0.25, 0.3) is 0 Å². The zero-order valence-corrected chi connectivity index (χ0v) is 10.8. The lowest BCUT2D eigenvalue weighted by molar-refractivity contribution is 0.287. The van der Waals surface area contributed by atoms with Crippen LogP contribution in [0.5, 0.6) is 0 Å². The van der Waals surface area contributed by atoms with E-state index in [0.717, 1.165) is 29.5 Å². The van der Waals surface area contributed by atoms with Crippen molar-refractivity contribution in [2.75, 3.05) is 7.05 Å². The molecule has 0 saturated carbocycles. The lowest BCUT2D eigenvalue weighted by Gasteiger charge is -2.13. The summed E-state index contributed by atoms with van der Waals surface area (Å²) < 4.78 is 6.11. The smallest absolute Gasteiger partial charge is 0.183 e. The Morgan fingerprint density at radius 1 is 1.44 bits per heavy atom. The number of rotatable bonds is 4. The van der Waals surface area contributed by atoms with Crippen molar-refractivity contribution in [3.63, 3.8) is 0 Å². The first-order valence-corrected chi connectivity index (χ1v) is 6.17. The monoisotopic (exact) mass is 256 g/mol. The Balaban J connectivity index is 1.91. The average Bonchev–Trinajstić information content (AvgIpc) is 2.76. The number of nitrogens with zero attached hydrogens (tertiary/aromatic N) is 2. The molecule has 16 heavy (non-hydrogen) atoms. The number of aryl methyl sites for hydroxylation is 1. The topological polar surface area (TPSA) is 29.3 Å². The lowest BCUT2D eigenvalue weighted by Crippen LogP contribution is -2.16. The molecule has 0 aliphatic rings. The van der Waals surface area contributed by atoms with Crippen molar-refractivity contribution in [3.8, 4) is 0 Å². The van der Waals surface area contributed by atoms with Gasteiger partial charge in [-0.1, -0.05) is 11.6 Å². The molecule has 0 atom stereocenters. The van der Waals surface area contributed by atoms with E-state index in [0.29, 0.717) is 4.47 Å². The minimum absolute atomic E-state index is 0.595. The molecule has 3 nitrogen and oxygen atoms in total. The summed E-state index contributed by atoms with van der Waals surface area (Å²) in [7, 11) is 2.05. The summed E-state index contributed by atoms with van der Waals surface area (Å²) >= 11 is 7.29. The van der Waals surface area contributed by atoms with Crippen molar-refractivity contribution in [2.45, 2.75) is 20.0 Å². The predicted molar refractivity (Wildman–Crippen MR) is 65.7 cm³/mol. The van der Waals surface area contributed by atoms with Crippen LogP contribution in [0.3, 0.4) is 0 Å². The van der Waals surface area contributed by atoms with Crippen LogP contribution in [0, 0.1) is 6.92 Å². The van der Waals surface area contributed by atoms with E-state index in [2.05, 4.69) is 9.88 Å². The van der Waals surface area contributed by atoms with Crippen LogP contribution < -0.4 is 0 Å². The Labute approximate surface area is 104 Å². The quantitative estimate of drug-likeness (QED) is 0.840. The van der Waals surface area contributed by atoms with Gasteiger partial charge in [0.2, 0.25) is 0 Å². The SMILES string of the molecule is Cc1ccc(CN(C)Cc2cnc(Cl)s2)o1. The van der Waals surface area contributed by atoms with Crippen LogP contribution in [0.2, 0.25) is 4.47 Å². The van der Waals surface area contributed by atoms with Crippen LogP contribution in [-0.4, -0.2) is 16.9 Å². The number of hydrogen-bond acceptors (Lipinski definition) is 4. The predicted octanol–water partition coefficient (Wildman–Crippen LogP) is 3.33. The van der Waals surface area contributed by atoms with Gasteiger partial charge in [-0.3, -0.25) is 4.90 Å². The number of hydrogen-bond donors (Lipinski definition) is 0. The van der Waals surface area contributed by atoms with Crippen molar-refractivity contribution in [3.05, 3.63) is 39.2 Å². The van der Waals surface area contributed by atoms with Gasteiger partial charge in [-0.05, 0) is 26.1 Å². The third-order valence-electron chi connectivity index (χ3n) is 2.17. The van der Waals surface area contributed by atoms with Crippen molar-refractivity contribution < 1.29 is 4.42 Å². The van der Waals surface area contributed by atoms with E-state index in [-0.39, 0.29) is 0 Å². The van der Waals surface area contributed by atoms with Crippen molar-refractivity contribution in [2.24, 2.45) is 0 Å². The molecule has 0 amide bonds. The highest BCUT2D eigenvalue weighted by Crippen LogP contribution is 2.19. The van der Waals surface area contributed by atoms with Gasteiger partial charge in [0, 0.05) is 17.6 Å². The summed E-state index contributed by atoms with van der Waals surface area (Å²) in [6.45, 7) is 3.58. The molecule has 0 aromatic carbocycles. The minimum Gasteiger partial charge on any atom is -0.465 e. The van der Waals surface area contributed by atoms with E-state index in [1.165, 1.54) is 11.3 Å². The van der Waals surface area contributed by atoms with Gasteiger partial charge < -0.3 is 4.42 Å². The van der Waals surface area contributed by atoms with Crippen LogP contribution in [0.1, 0.15) is 16.4 Å². The zero-order valence-electron chi connectivity index (χ0n) is 9.24. The Morgan fingerprint density at radius 3 is 2.81 bits per heavy atom. The van der Waals surface area contributed by atoms with E-state index in [4.69, 9.17) is 16.0 Å². The first-order chi connectivity index (χ1) is 7.63. The molecular weight excluding hydrogens is 244 g/mol. The molecule has 0 aliphatic carbocycles. The van der Waals surface area contributed by atoms with Gasteiger partial charge in [0.1, 0.15) is 11.5 Å². The van der Waals surface area contributed by atoms with Gasteiger partial charge in [0.25, 0.3) is 0 Å². The van der Waals surface area contributed by atoms with Gasteiger partial charge in [-0.15, -0.1) is 11.3 Å². The second-order valence-corrected chi connectivity index (χ2v) is 5.46. The summed E-state index contributed by atoms with van der Waals surface area (Å²) in [5.74, 6) is 1.93. The molecule has 86 valence electrons. The maximum absolute atomic E-state index is 5.78. The maximum Gasteiger partial charge on any atom is 0.183 e. The van der Waals surface area contributed by atoms with Crippen LogP contribution >= 0.6 is 22.9 Å². The molecule has 2 aromatic rings. The molecule has 0 unspecified atom stereocenters. The molecule has 2 aromatic heterocycles. The second kappa shape index (κ2) is 4.99. The summed E-state index contributed by atoms with van der Waals surface area (Å²) in [6.07, 6.45) is 1.82. The highest BCUT2D eigenvalue weighted by atomic mass is 35.5. The highest BCUT2D eigenvalue weighted by molar-refractivity contribution is 7.15. The van der Waals surface area contributed by atoms with Gasteiger partial charge in [-0.25, -0.2) is 4.98 Å². The minimum atomic E-state index is 0.595. The number of furan rings is 1. The number of halogens is 1. The Morgan fingerprint density at radius 2 is 2.25 bits per heavy atom. The van der Waals surface area contributed by atoms with Crippen molar-refractivity contribution in [1.82, 2.24) is 9.88 Å². The summed E-state index contributed by atoms with van der Waals surface area (Å²) in [4.78, 5) is 7.35. The van der Waals surface area contributed by atoms with Crippen molar-refractivity contribution in [1.29, 1.82) is 0 Å². The molecule has 5 heteroatoms. The first kappa shape index (κ1) is 11.6. The largest absolute Gasteiger partial charge is 0.465 e. The number of thiazole rings is 1. The molecule has 0 fully saturated rings. The Hall–Kier alpha value is -0.840. The average molecular weight is 257 g/mol. The fourth-order valence-electron chi connectivity index (χ4n) is 1.51. The normalized spacial score (nSPS) is 11.2. The lowest BCUT2D eigenvalue weighted by atomic mass is 10.4. The summed E-state index contributed by atoms with van der Waals surface area (Å²) in [5, 5.41) is 0. The fraction of sp³-hybridized carbons (Fsp3) is 0.364. The van der Waals surface area contributed by atoms with Gasteiger partial charge in [-0.2, -0.15) is 0 Å². The Bertz CT molecular complexity index is 424. The first-order valence-electron chi connectivity index (χ1n) is 4.97. The standard InChI is InChI=1S/C11H13ClN2OS/c1-8-3-4-9(15-8)6-14(2)7-10-5-13-11(12)16-10/h3-5H,6-7H2,1-2H3. The second-order valence-electron chi connectivity index (χ2n) is 3.76. The highest BCUT2D eigenvalue weighted by Gasteiger charge is 2.07. The summed E-state index contributed by atoms with van der Waals surface area (Å²) in [5.41, 5.74) is 0. The van der Waals surface area contributed by atoms with Crippen molar-refractivity contribution >= 4 is 22.9 Å². The molecular formula is C11H13ClN2OS. The molecule has 0 bridgehead atoms. The van der Waals surface area contributed by atoms with Gasteiger partial charge in [0.05, 0.1) is 6.54 Å². The van der Waals surface area contributed by atoms with E-state index >= 15 is 0 Å². The molecule has 0 aliphatic heterocycles. The molecule has 0 N–H and O–H groups in total. The van der Waals surface area contributed by atoms with E-state index in [1.54, 1.807) is 0 Å². The third kappa shape index (κ3) is 3.07. The zero-order chi connectivity index (χ0) is 11.5. The summed E-state index contributed by atoms with van der Waals surface area (Å²) in [6, 6.07) is 3.98. The van der Waals surface area contributed by atoms with Crippen LogP contribution in [0.4, 0.5) is 0 Å². The number of aromatic nitrogens is 1.